The van der Waals surface area contributed by atoms with Gasteiger partial charge in [-0.15, -0.1) is 0 Å². The van der Waals surface area contributed by atoms with Crippen LogP contribution in [0.1, 0.15) is 50.7 Å². The zero-order valence-electron chi connectivity index (χ0n) is 11.6. The van der Waals surface area contributed by atoms with Crippen molar-refractivity contribution in [2.45, 2.75) is 59.4 Å². The lowest BCUT2D eigenvalue weighted by Crippen LogP contribution is -2.39. The summed E-state index contributed by atoms with van der Waals surface area (Å²) in [5.41, 5.74) is 4.45. The van der Waals surface area contributed by atoms with Crippen LogP contribution in [0.5, 0.6) is 0 Å². The Kier molecular flexibility index (Phi) is 3.46. The van der Waals surface area contributed by atoms with Crippen LogP contribution in [0.15, 0.2) is 18.2 Å². The first-order valence-electron chi connectivity index (χ1n) is 6.83. The Balaban J connectivity index is 2.14. The number of nitrogens with one attached hydrogen (secondary N) is 1. The molecular weight excluding hydrogens is 206 g/mol. The summed E-state index contributed by atoms with van der Waals surface area (Å²) in [6.07, 6.45) is 5.40. The molecule has 1 aromatic rings. The molecule has 1 saturated carbocycles. The van der Waals surface area contributed by atoms with Crippen molar-refractivity contribution in [2.75, 3.05) is 5.32 Å². The van der Waals surface area contributed by atoms with Crippen LogP contribution in [0, 0.1) is 19.3 Å². The molecule has 0 bridgehead atoms. The molecule has 1 aliphatic rings. The molecule has 0 spiro atoms. The van der Waals surface area contributed by atoms with Crippen LogP contribution >= 0.6 is 0 Å². The van der Waals surface area contributed by atoms with Crippen LogP contribution in [0.25, 0.3) is 0 Å². The van der Waals surface area contributed by atoms with Crippen molar-refractivity contribution in [2.24, 2.45) is 5.41 Å². The normalized spacial score (nSPS) is 23.4. The van der Waals surface area contributed by atoms with Crippen molar-refractivity contribution >= 4 is 5.69 Å². The highest BCUT2D eigenvalue weighted by Crippen LogP contribution is 2.37. The molecule has 94 valence electrons. The van der Waals surface area contributed by atoms with Gasteiger partial charge in [0.05, 0.1) is 0 Å². The summed E-state index contributed by atoms with van der Waals surface area (Å²) in [5.74, 6) is 0. The predicted molar refractivity (Wildman–Crippen MR) is 75.6 cm³/mol. The lowest BCUT2D eigenvalue weighted by molar-refractivity contribution is 0.217. The molecule has 1 nitrogen and oxygen atoms in total. The summed E-state index contributed by atoms with van der Waals surface area (Å²) in [6, 6.07) is 7.32. The molecule has 1 unspecified atom stereocenters. The second-order valence-electron chi connectivity index (χ2n) is 6.25. The third-order valence-corrected chi connectivity index (χ3v) is 4.22. The van der Waals surface area contributed by atoms with Crippen LogP contribution in [-0.2, 0) is 0 Å². The highest BCUT2D eigenvalue weighted by atomic mass is 14.9. The Morgan fingerprint density at radius 3 is 2.59 bits per heavy atom. The largest absolute Gasteiger partial charge is 0.382 e. The topological polar surface area (TPSA) is 12.0 Å². The van der Waals surface area contributed by atoms with E-state index in [1.54, 1.807) is 0 Å². The average Bonchev–Trinajstić information content (AvgIpc) is 2.24. The second-order valence-corrected chi connectivity index (χ2v) is 6.25. The standard InChI is InChI=1S/C16H25N/c1-12-8-9-14(13(2)11-12)17-15-7-5-6-10-16(15,3)4/h8-9,11,15,17H,5-7,10H2,1-4H3. The van der Waals surface area contributed by atoms with E-state index in [0.29, 0.717) is 11.5 Å². The third kappa shape index (κ3) is 2.83. The van der Waals surface area contributed by atoms with E-state index in [0.717, 1.165) is 0 Å². The minimum absolute atomic E-state index is 0.426. The molecule has 1 aromatic carbocycles. The van der Waals surface area contributed by atoms with Gasteiger partial charge in [-0.3, -0.25) is 0 Å². The maximum absolute atomic E-state index is 3.77. The number of hydrogen-bond donors (Lipinski definition) is 1. The third-order valence-electron chi connectivity index (χ3n) is 4.22. The van der Waals surface area contributed by atoms with E-state index in [9.17, 15) is 0 Å². The highest BCUT2D eigenvalue weighted by molar-refractivity contribution is 5.52. The molecule has 1 aliphatic carbocycles. The SMILES string of the molecule is Cc1ccc(NC2CCCCC2(C)C)c(C)c1. The first kappa shape index (κ1) is 12.5. The van der Waals surface area contributed by atoms with Crippen molar-refractivity contribution in [3.05, 3.63) is 29.3 Å². The van der Waals surface area contributed by atoms with Gasteiger partial charge in [0, 0.05) is 11.7 Å². The maximum atomic E-state index is 3.77. The van der Waals surface area contributed by atoms with Crippen molar-refractivity contribution in [1.82, 2.24) is 0 Å². The second kappa shape index (κ2) is 4.72. The average molecular weight is 231 g/mol. The Morgan fingerprint density at radius 2 is 1.94 bits per heavy atom. The zero-order chi connectivity index (χ0) is 12.5. The number of benzene rings is 1. The summed E-state index contributed by atoms with van der Waals surface area (Å²) in [7, 11) is 0. The van der Waals surface area contributed by atoms with E-state index in [4.69, 9.17) is 0 Å². The predicted octanol–water partition coefficient (Wildman–Crippen LogP) is 4.68. The van der Waals surface area contributed by atoms with Gasteiger partial charge < -0.3 is 5.32 Å². The molecule has 0 heterocycles. The number of rotatable bonds is 2. The van der Waals surface area contributed by atoms with Gasteiger partial charge in [0.1, 0.15) is 0 Å². The molecule has 0 aromatic heterocycles. The summed E-state index contributed by atoms with van der Waals surface area (Å²) in [4.78, 5) is 0. The number of anilines is 1. The maximum Gasteiger partial charge on any atom is 0.0372 e. The van der Waals surface area contributed by atoms with Crippen LogP contribution in [-0.4, -0.2) is 6.04 Å². The minimum Gasteiger partial charge on any atom is -0.382 e. The van der Waals surface area contributed by atoms with Gasteiger partial charge in [0.25, 0.3) is 0 Å². The first-order valence-corrected chi connectivity index (χ1v) is 6.83. The van der Waals surface area contributed by atoms with Gasteiger partial charge in [-0.1, -0.05) is 44.4 Å². The summed E-state index contributed by atoms with van der Waals surface area (Å²) >= 11 is 0. The Morgan fingerprint density at radius 1 is 1.18 bits per heavy atom. The van der Waals surface area contributed by atoms with Crippen molar-refractivity contribution < 1.29 is 0 Å². The van der Waals surface area contributed by atoms with Crippen molar-refractivity contribution in [3.8, 4) is 0 Å². The molecule has 2 rings (SSSR count). The van der Waals surface area contributed by atoms with Crippen molar-refractivity contribution in [1.29, 1.82) is 0 Å². The molecule has 0 amide bonds. The fourth-order valence-corrected chi connectivity index (χ4v) is 2.92. The van der Waals surface area contributed by atoms with Crippen molar-refractivity contribution in [3.63, 3.8) is 0 Å². The molecule has 1 fully saturated rings. The molecule has 1 atom stereocenters. The van der Waals surface area contributed by atoms with Gasteiger partial charge >= 0.3 is 0 Å². The Labute approximate surface area is 106 Å². The van der Waals surface area contributed by atoms with Crippen LogP contribution < -0.4 is 5.32 Å². The number of hydrogen-bond acceptors (Lipinski definition) is 1. The van der Waals surface area contributed by atoms with E-state index >= 15 is 0 Å². The zero-order valence-corrected chi connectivity index (χ0v) is 11.6. The lowest BCUT2D eigenvalue weighted by atomic mass is 9.73. The van der Waals surface area contributed by atoms with Gasteiger partial charge in [-0.2, -0.15) is 0 Å². The number of aryl methyl sites for hydroxylation is 2. The van der Waals surface area contributed by atoms with Crippen LogP contribution in [0.2, 0.25) is 0 Å². The molecule has 0 saturated heterocycles. The van der Waals surface area contributed by atoms with Gasteiger partial charge in [0.15, 0.2) is 0 Å². The molecule has 0 radical (unpaired) electrons. The van der Waals surface area contributed by atoms with E-state index in [1.165, 1.54) is 42.5 Å². The van der Waals surface area contributed by atoms with E-state index in [2.05, 4.69) is 51.2 Å². The Bertz CT molecular complexity index is 393. The van der Waals surface area contributed by atoms with E-state index < -0.39 is 0 Å². The Hall–Kier alpha value is -0.980. The van der Waals surface area contributed by atoms with E-state index in [1.807, 2.05) is 0 Å². The van der Waals surface area contributed by atoms with Gasteiger partial charge in [0.2, 0.25) is 0 Å². The fraction of sp³-hybridized carbons (Fsp3) is 0.625. The fourth-order valence-electron chi connectivity index (χ4n) is 2.92. The molecular formula is C16H25N. The smallest absolute Gasteiger partial charge is 0.0372 e. The molecule has 1 heteroatoms. The summed E-state index contributed by atoms with van der Waals surface area (Å²) in [5, 5.41) is 3.77. The highest BCUT2D eigenvalue weighted by Gasteiger charge is 2.32. The summed E-state index contributed by atoms with van der Waals surface area (Å²) in [6.45, 7) is 9.15. The van der Waals surface area contributed by atoms with Crippen LogP contribution in [0.4, 0.5) is 5.69 Å². The monoisotopic (exact) mass is 231 g/mol. The summed E-state index contributed by atoms with van der Waals surface area (Å²) < 4.78 is 0. The van der Waals surface area contributed by atoms with Gasteiger partial charge in [-0.05, 0) is 43.7 Å². The van der Waals surface area contributed by atoms with Gasteiger partial charge in [-0.25, -0.2) is 0 Å². The molecule has 0 aliphatic heterocycles. The quantitative estimate of drug-likeness (QED) is 0.779. The van der Waals surface area contributed by atoms with Crippen LogP contribution in [0.3, 0.4) is 0 Å². The first-order chi connectivity index (χ1) is 7.99. The molecule has 17 heavy (non-hydrogen) atoms. The minimum atomic E-state index is 0.426. The lowest BCUT2D eigenvalue weighted by Gasteiger charge is -2.40. The molecule has 1 N–H and O–H groups in total. The van der Waals surface area contributed by atoms with E-state index in [-0.39, 0.29) is 0 Å².